The van der Waals surface area contributed by atoms with E-state index in [1.807, 2.05) is 19.4 Å². The topological polar surface area (TPSA) is 55.6 Å². The van der Waals surface area contributed by atoms with Crippen molar-refractivity contribution in [1.82, 2.24) is 19.7 Å². The normalized spacial score (nSPS) is 10.5. The maximum absolute atomic E-state index is 5.92. The predicted molar refractivity (Wildman–Crippen MR) is 67.5 cm³/mol. The molecule has 2 heterocycles. The summed E-state index contributed by atoms with van der Waals surface area (Å²) < 4.78 is 1.77. The highest BCUT2D eigenvalue weighted by Crippen LogP contribution is 2.19. The fraction of sp³-hybridized carbons (Fsp3) is 0.300. The van der Waals surface area contributed by atoms with Crippen LogP contribution in [0.4, 0.5) is 5.82 Å². The first-order valence-electron chi connectivity index (χ1n) is 5.04. The van der Waals surface area contributed by atoms with Gasteiger partial charge in [0.1, 0.15) is 10.8 Å². The molecule has 0 aliphatic carbocycles. The molecule has 0 saturated carbocycles. The fourth-order valence-corrected chi connectivity index (χ4v) is 1.69. The molecule has 2 aromatic rings. The van der Waals surface area contributed by atoms with Crippen molar-refractivity contribution < 1.29 is 0 Å². The van der Waals surface area contributed by atoms with E-state index in [1.54, 1.807) is 4.68 Å². The number of aromatic nitrogens is 4. The van der Waals surface area contributed by atoms with Gasteiger partial charge >= 0.3 is 0 Å². The maximum atomic E-state index is 5.92. The SMILES string of the molecule is Cn1cc(CCNc2nc(Cl)ncc2Cl)cn1. The van der Waals surface area contributed by atoms with Crippen LogP contribution in [0.1, 0.15) is 5.56 Å². The lowest BCUT2D eigenvalue weighted by Gasteiger charge is -2.05. The molecule has 0 aliphatic rings. The quantitative estimate of drug-likeness (QED) is 0.867. The van der Waals surface area contributed by atoms with Crippen LogP contribution in [0.5, 0.6) is 0 Å². The van der Waals surface area contributed by atoms with Crippen LogP contribution in [0, 0.1) is 0 Å². The summed E-state index contributed by atoms with van der Waals surface area (Å²) in [5, 5.41) is 7.83. The molecule has 90 valence electrons. The van der Waals surface area contributed by atoms with Crippen molar-refractivity contribution in [3.8, 4) is 0 Å². The molecule has 17 heavy (non-hydrogen) atoms. The summed E-state index contributed by atoms with van der Waals surface area (Å²) in [5.74, 6) is 0.551. The molecular weight excluding hydrogens is 261 g/mol. The van der Waals surface area contributed by atoms with Crippen molar-refractivity contribution in [1.29, 1.82) is 0 Å². The summed E-state index contributed by atoms with van der Waals surface area (Å²) >= 11 is 11.6. The van der Waals surface area contributed by atoms with E-state index < -0.39 is 0 Å². The van der Waals surface area contributed by atoms with Gasteiger partial charge in [0, 0.05) is 19.8 Å². The third-order valence-electron chi connectivity index (χ3n) is 2.18. The van der Waals surface area contributed by atoms with Gasteiger partial charge in [0.05, 0.1) is 12.4 Å². The molecule has 0 saturated heterocycles. The van der Waals surface area contributed by atoms with E-state index in [2.05, 4.69) is 20.4 Å². The molecule has 7 heteroatoms. The van der Waals surface area contributed by atoms with Crippen LogP contribution in [0.15, 0.2) is 18.6 Å². The van der Waals surface area contributed by atoms with Crippen LogP contribution in [0.3, 0.4) is 0 Å². The van der Waals surface area contributed by atoms with E-state index in [4.69, 9.17) is 23.2 Å². The number of nitrogens with one attached hydrogen (secondary N) is 1. The van der Waals surface area contributed by atoms with Gasteiger partial charge in [-0.15, -0.1) is 0 Å². The van der Waals surface area contributed by atoms with Gasteiger partial charge in [-0.25, -0.2) is 4.98 Å². The number of nitrogens with zero attached hydrogens (tertiary/aromatic N) is 4. The molecule has 0 amide bonds. The third kappa shape index (κ3) is 3.31. The monoisotopic (exact) mass is 271 g/mol. The van der Waals surface area contributed by atoms with Gasteiger partial charge < -0.3 is 5.32 Å². The first-order valence-corrected chi connectivity index (χ1v) is 5.80. The van der Waals surface area contributed by atoms with Crippen molar-refractivity contribution in [3.05, 3.63) is 34.5 Å². The van der Waals surface area contributed by atoms with Gasteiger partial charge in [-0.05, 0) is 23.6 Å². The Labute approximate surface area is 109 Å². The average Bonchev–Trinajstić information content (AvgIpc) is 2.69. The van der Waals surface area contributed by atoms with E-state index in [9.17, 15) is 0 Å². The Bertz CT molecular complexity index is 511. The van der Waals surface area contributed by atoms with Crippen molar-refractivity contribution in [2.24, 2.45) is 7.05 Å². The Hall–Kier alpha value is -1.33. The molecule has 0 atom stereocenters. The molecule has 1 N–H and O–H groups in total. The van der Waals surface area contributed by atoms with Crippen LogP contribution in [0.25, 0.3) is 0 Å². The van der Waals surface area contributed by atoms with Crippen molar-refractivity contribution in [2.75, 3.05) is 11.9 Å². The van der Waals surface area contributed by atoms with Gasteiger partial charge in [0.15, 0.2) is 0 Å². The van der Waals surface area contributed by atoms with Gasteiger partial charge in [0.2, 0.25) is 5.28 Å². The molecule has 0 radical (unpaired) electrons. The molecule has 0 aliphatic heterocycles. The van der Waals surface area contributed by atoms with Gasteiger partial charge in [-0.2, -0.15) is 10.1 Å². The predicted octanol–water partition coefficient (Wildman–Crippen LogP) is 2.17. The summed E-state index contributed by atoms with van der Waals surface area (Å²) in [6, 6.07) is 0. The second-order valence-electron chi connectivity index (χ2n) is 3.53. The molecule has 0 spiro atoms. The Morgan fingerprint density at radius 1 is 1.35 bits per heavy atom. The molecule has 0 bridgehead atoms. The molecule has 2 aromatic heterocycles. The van der Waals surface area contributed by atoms with E-state index in [0.717, 1.165) is 12.0 Å². The zero-order valence-electron chi connectivity index (χ0n) is 9.19. The van der Waals surface area contributed by atoms with Gasteiger partial charge in [0.25, 0.3) is 0 Å². The molecular formula is C10H11Cl2N5. The minimum absolute atomic E-state index is 0.179. The highest BCUT2D eigenvalue weighted by atomic mass is 35.5. The van der Waals surface area contributed by atoms with Gasteiger partial charge in [-0.1, -0.05) is 11.6 Å². The van der Waals surface area contributed by atoms with Crippen LogP contribution < -0.4 is 5.32 Å². The summed E-state index contributed by atoms with van der Waals surface area (Å²) in [5.41, 5.74) is 1.15. The van der Waals surface area contributed by atoms with Crippen LogP contribution >= 0.6 is 23.2 Å². The highest BCUT2D eigenvalue weighted by molar-refractivity contribution is 6.33. The minimum Gasteiger partial charge on any atom is -0.368 e. The number of hydrogen-bond donors (Lipinski definition) is 1. The fourth-order valence-electron chi connectivity index (χ4n) is 1.40. The zero-order valence-corrected chi connectivity index (χ0v) is 10.7. The molecule has 2 rings (SSSR count). The van der Waals surface area contributed by atoms with E-state index >= 15 is 0 Å². The summed E-state index contributed by atoms with van der Waals surface area (Å²) in [7, 11) is 1.89. The molecule has 0 unspecified atom stereocenters. The van der Waals surface area contributed by atoms with Crippen LogP contribution in [-0.2, 0) is 13.5 Å². The second kappa shape index (κ2) is 5.33. The average molecular weight is 272 g/mol. The van der Waals surface area contributed by atoms with Crippen molar-refractivity contribution in [2.45, 2.75) is 6.42 Å². The van der Waals surface area contributed by atoms with E-state index in [1.165, 1.54) is 6.20 Å². The Morgan fingerprint density at radius 2 is 2.18 bits per heavy atom. The Balaban J connectivity index is 1.91. The van der Waals surface area contributed by atoms with Crippen molar-refractivity contribution in [3.63, 3.8) is 0 Å². The largest absolute Gasteiger partial charge is 0.368 e. The van der Waals surface area contributed by atoms with E-state index in [-0.39, 0.29) is 5.28 Å². The Morgan fingerprint density at radius 3 is 2.88 bits per heavy atom. The second-order valence-corrected chi connectivity index (χ2v) is 4.28. The number of halogens is 2. The summed E-state index contributed by atoms with van der Waals surface area (Å²) in [6.45, 7) is 0.707. The standard InChI is InChI=1S/C10H11Cl2N5/c1-17-6-7(4-15-17)2-3-13-9-8(11)5-14-10(12)16-9/h4-6H,2-3H2,1H3,(H,13,14,16). The lowest BCUT2D eigenvalue weighted by molar-refractivity contribution is 0.767. The number of hydrogen-bond acceptors (Lipinski definition) is 4. The van der Waals surface area contributed by atoms with Gasteiger partial charge in [-0.3, -0.25) is 4.68 Å². The lowest BCUT2D eigenvalue weighted by atomic mass is 10.2. The first-order chi connectivity index (χ1) is 8.15. The molecule has 0 fully saturated rings. The minimum atomic E-state index is 0.179. The number of aryl methyl sites for hydroxylation is 1. The smallest absolute Gasteiger partial charge is 0.224 e. The third-order valence-corrected chi connectivity index (χ3v) is 2.64. The number of anilines is 1. The number of rotatable bonds is 4. The molecule has 0 aromatic carbocycles. The maximum Gasteiger partial charge on any atom is 0.224 e. The zero-order chi connectivity index (χ0) is 12.3. The summed E-state index contributed by atoms with van der Waals surface area (Å²) in [6.07, 6.45) is 6.11. The highest BCUT2D eigenvalue weighted by Gasteiger charge is 2.03. The van der Waals surface area contributed by atoms with Crippen LogP contribution in [-0.4, -0.2) is 26.3 Å². The first kappa shape index (κ1) is 12.1. The Kier molecular flexibility index (Phi) is 3.81. The lowest BCUT2D eigenvalue weighted by Crippen LogP contribution is -2.07. The van der Waals surface area contributed by atoms with E-state index in [0.29, 0.717) is 17.4 Å². The summed E-state index contributed by atoms with van der Waals surface area (Å²) in [4.78, 5) is 7.78. The van der Waals surface area contributed by atoms with Crippen LogP contribution in [0.2, 0.25) is 10.3 Å². The van der Waals surface area contributed by atoms with Crippen molar-refractivity contribution >= 4 is 29.0 Å². The molecule has 5 nitrogen and oxygen atoms in total.